The number of carbonyl (C=O) groups excluding carboxylic acids is 1. The number of nitrogens with two attached hydrogens (primary N) is 1. The lowest BCUT2D eigenvalue weighted by Gasteiger charge is -2.27. The lowest BCUT2D eigenvalue weighted by molar-refractivity contribution is -0.0184. The van der Waals surface area contributed by atoms with Gasteiger partial charge >= 0.3 is 0 Å². The fourth-order valence-electron chi connectivity index (χ4n) is 5.24. The molecule has 174 valence electrons. The number of thiazole rings is 1. The summed E-state index contributed by atoms with van der Waals surface area (Å²) < 4.78 is 29.0. The number of hydrogen-bond donors (Lipinski definition) is 3. The molecule has 2 aliphatic heterocycles. The number of halogens is 2. The molecule has 0 spiro atoms. The van der Waals surface area contributed by atoms with Crippen LogP contribution in [-0.2, 0) is 12.8 Å². The highest BCUT2D eigenvalue weighted by molar-refractivity contribution is 7.29. The first-order valence-corrected chi connectivity index (χ1v) is 12.7. The summed E-state index contributed by atoms with van der Waals surface area (Å²) in [6, 6.07) is 3.76. The lowest BCUT2D eigenvalue weighted by atomic mass is 9.91. The van der Waals surface area contributed by atoms with Crippen LogP contribution in [-0.4, -0.2) is 53.5 Å². The van der Waals surface area contributed by atoms with Crippen molar-refractivity contribution in [1.82, 2.24) is 20.6 Å². The van der Waals surface area contributed by atoms with Crippen LogP contribution in [0.3, 0.4) is 0 Å². The highest BCUT2D eigenvalue weighted by atomic mass is 32.1. The second-order valence-corrected chi connectivity index (χ2v) is 11.4. The van der Waals surface area contributed by atoms with E-state index in [1.54, 1.807) is 0 Å². The second kappa shape index (κ2) is 7.57. The fraction of sp³-hybridized carbons (Fsp3) is 0.500. The molecule has 6 rings (SSSR count). The summed E-state index contributed by atoms with van der Waals surface area (Å²) in [5.74, 6) is -2.71. The van der Waals surface area contributed by atoms with Gasteiger partial charge in [-0.1, -0.05) is 6.07 Å². The van der Waals surface area contributed by atoms with Crippen molar-refractivity contribution in [2.24, 2.45) is 5.92 Å². The Kier molecular flexibility index (Phi) is 4.86. The molecular formula is C22H24F2N6OS2. The van der Waals surface area contributed by atoms with Gasteiger partial charge in [0.2, 0.25) is 0 Å². The van der Waals surface area contributed by atoms with Gasteiger partial charge in [0.1, 0.15) is 15.5 Å². The maximum atomic E-state index is 14.1. The van der Waals surface area contributed by atoms with Crippen LogP contribution in [0, 0.1) is 12.8 Å². The highest BCUT2D eigenvalue weighted by Crippen LogP contribution is 2.39. The Morgan fingerprint density at radius 3 is 2.94 bits per heavy atom. The van der Waals surface area contributed by atoms with E-state index in [2.05, 4.69) is 15.6 Å². The largest absolute Gasteiger partial charge is 0.396 e. The molecule has 3 unspecified atom stereocenters. The zero-order valence-corrected chi connectivity index (χ0v) is 19.7. The summed E-state index contributed by atoms with van der Waals surface area (Å²) in [7, 11) is 0. The van der Waals surface area contributed by atoms with Gasteiger partial charge in [0, 0.05) is 30.9 Å². The molecule has 33 heavy (non-hydrogen) atoms. The summed E-state index contributed by atoms with van der Waals surface area (Å²) in [5.41, 5.74) is 8.81. The third kappa shape index (κ3) is 3.57. The van der Waals surface area contributed by atoms with E-state index in [9.17, 15) is 13.6 Å². The maximum Gasteiger partial charge on any atom is 0.266 e. The van der Waals surface area contributed by atoms with E-state index in [4.69, 9.17) is 10.7 Å². The number of anilines is 2. The van der Waals surface area contributed by atoms with Crippen LogP contribution < -0.4 is 21.3 Å². The normalized spacial score (nSPS) is 25.9. The number of rotatable bonds is 3. The van der Waals surface area contributed by atoms with Crippen LogP contribution in [0.5, 0.6) is 0 Å². The van der Waals surface area contributed by atoms with Gasteiger partial charge in [-0.25, -0.2) is 18.7 Å². The standard InChI is InChI=1S/C22H24F2N6OS2/c1-10-27-21-19(32-10)17(25)18(33-21)20(31)28-12-3-4-14-11(6-12)2-5-16(29-14)30-7-13-15(8-30)26-9-22(13,23)24/h2,5,12-13,15,26H,3-4,6-9,25H2,1H3,(H,28,31). The van der Waals surface area contributed by atoms with Crippen LogP contribution in [0.25, 0.3) is 9.53 Å². The minimum atomic E-state index is -2.66. The number of aromatic nitrogens is 2. The number of nitrogens with one attached hydrogen (secondary N) is 2. The Morgan fingerprint density at radius 1 is 1.30 bits per heavy atom. The topological polar surface area (TPSA) is 96.2 Å². The number of amides is 1. The first-order chi connectivity index (χ1) is 15.8. The van der Waals surface area contributed by atoms with E-state index < -0.39 is 11.8 Å². The van der Waals surface area contributed by atoms with E-state index in [0.29, 0.717) is 30.1 Å². The van der Waals surface area contributed by atoms with Gasteiger partial charge in [0.15, 0.2) is 0 Å². The Hall–Kier alpha value is -2.37. The number of hydrogen-bond acceptors (Lipinski definition) is 8. The van der Waals surface area contributed by atoms with Crippen LogP contribution in [0.4, 0.5) is 20.3 Å². The molecular weight excluding hydrogens is 466 g/mol. The number of nitrogens with zero attached hydrogens (tertiary/aromatic N) is 3. The van der Waals surface area contributed by atoms with Crippen molar-refractivity contribution in [3.63, 3.8) is 0 Å². The molecule has 2 saturated heterocycles. The molecule has 0 saturated carbocycles. The number of pyridine rings is 1. The van der Waals surface area contributed by atoms with Crippen molar-refractivity contribution in [3.8, 4) is 0 Å². The van der Waals surface area contributed by atoms with Crippen molar-refractivity contribution in [3.05, 3.63) is 33.3 Å². The summed E-state index contributed by atoms with van der Waals surface area (Å²) in [4.78, 5) is 25.4. The molecule has 1 aliphatic carbocycles. The molecule has 3 aliphatic rings. The van der Waals surface area contributed by atoms with Gasteiger partial charge in [0.05, 0.1) is 27.9 Å². The predicted molar refractivity (Wildman–Crippen MR) is 127 cm³/mol. The third-order valence-electron chi connectivity index (χ3n) is 6.97. The predicted octanol–water partition coefficient (Wildman–Crippen LogP) is 2.97. The van der Waals surface area contributed by atoms with E-state index in [0.717, 1.165) is 44.5 Å². The zero-order valence-electron chi connectivity index (χ0n) is 18.0. The number of aryl methyl sites for hydroxylation is 2. The van der Waals surface area contributed by atoms with Crippen LogP contribution in [0.1, 0.15) is 32.4 Å². The number of fused-ring (bicyclic) bond motifs is 3. The maximum absolute atomic E-state index is 14.1. The molecule has 1 amide bonds. The minimum Gasteiger partial charge on any atom is -0.396 e. The Labute approximate surface area is 197 Å². The van der Waals surface area contributed by atoms with Gasteiger partial charge in [0.25, 0.3) is 11.8 Å². The summed E-state index contributed by atoms with van der Waals surface area (Å²) in [5, 5.41) is 7.01. The first-order valence-electron chi connectivity index (χ1n) is 11.1. The summed E-state index contributed by atoms with van der Waals surface area (Å²) >= 11 is 2.84. The van der Waals surface area contributed by atoms with Crippen molar-refractivity contribution < 1.29 is 13.6 Å². The van der Waals surface area contributed by atoms with E-state index >= 15 is 0 Å². The molecule has 0 bridgehead atoms. The number of thiophene rings is 1. The van der Waals surface area contributed by atoms with Crippen molar-refractivity contribution in [2.45, 2.75) is 44.2 Å². The number of carbonyl (C=O) groups is 1. The quantitative estimate of drug-likeness (QED) is 0.523. The molecule has 7 nitrogen and oxygen atoms in total. The van der Waals surface area contributed by atoms with Crippen molar-refractivity contribution >= 4 is 49.6 Å². The molecule has 0 radical (unpaired) electrons. The monoisotopic (exact) mass is 490 g/mol. The summed E-state index contributed by atoms with van der Waals surface area (Å²) in [6.45, 7) is 2.57. The van der Waals surface area contributed by atoms with Crippen LogP contribution >= 0.6 is 22.7 Å². The van der Waals surface area contributed by atoms with Gasteiger partial charge in [-0.05, 0) is 37.8 Å². The van der Waals surface area contributed by atoms with E-state index in [1.165, 1.54) is 22.7 Å². The second-order valence-electron chi connectivity index (χ2n) is 9.16. The van der Waals surface area contributed by atoms with Gasteiger partial charge in [-0.2, -0.15) is 0 Å². The molecule has 11 heteroatoms. The molecule has 2 fully saturated rings. The Bertz CT molecular complexity index is 1260. The number of alkyl halides is 2. The highest BCUT2D eigenvalue weighted by Gasteiger charge is 2.54. The minimum absolute atomic E-state index is 0.000848. The lowest BCUT2D eigenvalue weighted by Crippen LogP contribution is -2.39. The molecule has 0 aromatic carbocycles. The smallest absolute Gasteiger partial charge is 0.266 e. The van der Waals surface area contributed by atoms with E-state index in [-0.39, 0.29) is 24.5 Å². The summed E-state index contributed by atoms with van der Waals surface area (Å²) in [6.07, 6.45) is 2.20. The zero-order chi connectivity index (χ0) is 22.9. The molecule has 5 heterocycles. The van der Waals surface area contributed by atoms with E-state index in [1.807, 2.05) is 24.0 Å². The number of nitrogen functional groups attached to an aromatic ring is 1. The van der Waals surface area contributed by atoms with Gasteiger partial charge < -0.3 is 21.3 Å². The molecule has 3 aromatic heterocycles. The first kappa shape index (κ1) is 21.2. The van der Waals surface area contributed by atoms with Crippen molar-refractivity contribution in [2.75, 3.05) is 30.3 Å². The SMILES string of the molecule is Cc1nc2sc(C(=O)NC3CCc4nc(N5CC6NCC(F)(F)C6C5)ccc4C3)c(N)c2s1. The van der Waals surface area contributed by atoms with Gasteiger partial charge in [-0.15, -0.1) is 22.7 Å². The molecule has 3 aromatic rings. The Morgan fingerprint density at radius 2 is 2.15 bits per heavy atom. The Balaban J connectivity index is 1.13. The van der Waals surface area contributed by atoms with Crippen LogP contribution in [0.2, 0.25) is 0 Å². The fourth-order valence-corrected chi connectivity index (χ4v) is 7.34. The average Bonchev–Trinajstić information content (AvgIpc) is 3.51. The van der Waals surface area contributed by atoms with Crippen LogP contribution in [0.15, 0.2) is 12.1 Å². The van der Waals surface area contributed by atoms with Gasteiger partial charge in [-0.3, -0.25) is 4.79 Å². The third-order valence-corrected chi connectivity index (χ3v) is 9.20. The molecule has 4 N–H and O–H groups in total. The molecule has 3 atom stereocenters. The average molecular weight is 491 g/mol. The van der Waals surface area contributed by atoms with Crippen molar-refractivity contribution in [1.29, 1.82) is 0 Å².